The van der Waals surface area contributed by atoms with Gasteiger partial charge in [0.25, 0.3) is 0 Å². The van der Waals surface area contributed by atoms with Crippen LogP contribution in [0.15, 0.2) is 0 Å². The Hall–Kier alpha value is 0. The molecule has 0 aromatic carbocycles. The third-order valence-corrected chi connectivity index (χ3v) is 8.04. The normalized spacial score (nSPS) is 64.8. The van der Waals surface area contributed by atoms with Crippen LogP contribution in [0.3, 0.4) is 0 Å². The van der Waals surface area contributed by atoms with E-state index >= 15 is 0 Å². The molecule has 0 heterocycles. The summed E-state index contributed by atoms with van der Waals surface area (Å²) in [7, 11) is 0. The van der Waals surface area contributed by atoms with Gasteiger partial charge in [-0.25, -0.2) is 0 Å². The highest BCUT2D eigenvalue weighted by molar-refractivity contribution is 5.14. The van der Waals surface area contributed by atoms with E-state index in [-0.39, 0.29) is 0 Å². The van der Waals surface area contributed by atoms with Crippen molar-refractivity contribution in [3.63, 3.8) is 0 Å². The van der Waals surface area contributed by atoms with Gasteiger partial charge in [0.2, 0.25) is 0 Å². The molecule has 4 fully saturated rings. The first kappa shape index (κ1) is 10.9. The topological polar surface area (TPSA) is 0 Å². The Kier molecular flexibility index (Phi) is 1.88. The first-order valence-electron chi connectivity index (χ1n) is 7.96. The number of hydrogen-bond donors (Lipinski definition) is 0. The van der Waals surface area contributed by atoms with Crippen molar-refractivity contribution in [3.8, 4) is 0 Å². The molecule has 0 amide bonds. The van der Waals surface area contributed by atoms with Crippen LogP contribution in [0.25, 0.3) is 0 Å². The van der Waals surface area contributed by atoms with Gasteiger partial charge in [0.05, 0.1) is 0 Å². The number of hydrogen-bond acceptors (Lipinski definition) is 0. The molecule has 6 unspecified atom stereocenters. The summed E-state index contributed by atoms with van der Waals surface area (Å²) < 4.78 is 0. The van der Waals surface area contributed by atoms with E-state index in [0.717, 1.165) is 28.6 Å². The molecule has 6 atom stereocenters. The van der Waals surface area contributed by atoms with Crippen LogP contribution in [0.2, 0.25) is 0 Å². The highest BCUT2D eigenvalue weighted by Gasteiger charge is 2.65. The Morgan fingerprint density at radius 1 is 0.824 bits per heavy atom. The van der Waals surface area contributed by atoms with Crippen molar-refractivity contribution in [2.24, 2.45) is 34.0 Å². The molecule has 0 N–H and O–H groups in total. The largest absolute Gasteiger partial charge is 0.0594 e. The molecule has 4 aliphatic rings. The van der Waals surface area contributed by atoms with E-state index in [4.69, 9.17) is 0 Å². The predicted molar refractivity (Wildman–Crippen MR) is 71.7 cm³/mol. The minimum Gasteiger partial charge on any atom is -0.0594 e. The van der Waals surface area contributed by atoms with Crippen LogP contribution < -0.4 is 0 Å². The smallest absolute Gasteiger partial charge is 0.0261 e. The fourth-order valence-electron chi connectivity index (χ4n) is 6.88. The summed E-state index contributed by atoms with van der Waals surface area (Å²) in [6.45, 7) is 7.96. The monoisotopic (exact) mass is 232 g/mol. The van der Waals surface area contributed by atoms with Crippen molar-refractivity contribution < 1.29 is 0 Å². The van der Waals surface area contributed by atoms with E-state index in [1.165, 1.54) is 25.7 Å². The summed E-state index contributed by atoms with van der Waals surface area (Å²) >= 11 is 0. The highest BCUT2D eigenvalue weighted by atomic mass is 14.7. The van der Waals surface area contributed by atoms with Gasteiger partial charge >= 0.3 is 0 Å². The van der Waals surface area contributed by atoms with Crippen molar-refractivity contribution in [3.05, 3.63) is 0 Å². The Balaban J connectivity index is 1.89. The van der Waals surface area contributed by atoms with Crippen molar-refractivity contribution in [1.29, 1.82) is 0 Å². The van der Waals surface area contributed by atoms with Crippen LogP contribution in [0.4, 0.5) is 0 Å². The second kappa shape index (κ2) is 2.94. The Morgan fingerprint density at radius 2 is 1.59 bits per heavy atom. The highest BCUT2D eigenvalue weighted by Crippen LogP contribution is 2.74. The summed E-state index contributed by atoms with van der Waals surface area (Å²) in [4.78, 5) is 0. The Morgan fingerprint density at radius 3 is 2.41 bits per heavy atom. The van der Waals surface area contributed by atoms with Crippen molar-refractivity contribution in [1.82, 2.24) is 0 Å². The quantitative estimate of drug-likeness (QED) is 0.549. The number of rotatable bonds is 0. The van der Waals surface area contributed by atoms with Crippen molar-refractivity contribution >= 4 is 0 Å². The molecular weight excluding hydrogens is 204 g/mol. The molecule has 4 rings (SSSR count). The average molecular weight is 232 g/mol. The van der Waals surface area contributed by atoms with Gasteiger partial charge in [-0.05, 0) is 78.9 Å². The maximum absolute atomic E-state index is 2.67. The summed E-state index contributed by atoms with van der Waals surface area (Å²) in [5.41, 5.74) is 2.17. The van der Waals surface area contributed by atoms with Crippen molar-refractivity contribution in [2.45, 2.75) is 72.1 Å². The van der Waals surface area contributed by atoms with E-state index in [2.05, 4.69) is 20.8 Å². The molecule has 17 heavy (non-hydrogen) atoms. The molecule has 96 valence electrons. The molecule has 0 radical (unpaired) electrons. The molecular formula is C17H28. The van der Waals surface area contributed by atoms with Crippen LogP contribution in [-0.4, -0.2) is 0 Å². The van der Waals surface area contributed by atoms with E-state index < -0.39 is 0 Å². The van der Waals surface area contributed by atoms with Crippen LogP contribution in [0.1, 0.15) is 72.1 Å². The molecule has 0 heteroatoms. The molecule has 4 saturated carbocycles. The summed E-state index contributed by atoms with van der Waals surface area (Å²) in [5.74, 6) is 3.22. The van der Waals surface area contributed by atoms with Crippen LogP contribution in [0, 0.1) is 34.0 Å². The molecule has 0 aromatic rings. The predicted octanol–water partition coefficient (Wildman–Crippen LogP) is 5.03. The SMILES string of the molecule is CC12CCCC3CC(C)(CC1)C1CC2CC31C. The maximum atomic E-state index is 2.67. The zero-order valence-corrected chi connectivity index (χ0v) is 11.9. The molecule has 3 bridgehead atoms. The van der Waals surface area contributed by atoms with Gasteiger partial charge in [0.15, 0.2) is 0 Å². The van der Waals surface area contributed by atoms with Crippen molar-refractivity contribution in [2.75, 3.05) is 0 Å². The lowest BCUT2D eigenvalue weighted by atomic mass is 9.62. The minimum absolute atomic E-state index is 0.711. The maximum Gasteiger partial charge on any atom is -0.0261 e. The van der Waals surface area contributed by atoms with Crippen LogP contribution in [-0.2, 0) is 0 Å². The first-order valence-corrected chi connectivity index (χ1v) is 7.96. The lowest BCUT2D eigenvalue weighted by Gasteiger charge is -2.43. The van der Waals surface area contributed by atoms with Gasteiger partial charge in [0.1, 0.15) is 0 Å². The molecule has 4 aliphatic carbocycles. The zero-order valence-electron chi connectivity index (χ0n) is 11.9. The van der Waals surface area contributed by atoms with Crippen LogP contribution in [0.5, 0.6) is 0 Å². The molecule has 0 nitrogen and oxygen atoms in total. The second-order valence-corrected chi connectivity index (χ2v) is 8.80. The molecule has 0 saturated heterocycles. The van der Waals surface area contributed by atoms with Crippen LogP contribution >= 0.6 is 0 Å². The molecule has 0 aliphatic heterocycles. The fourth-order valence-corrected chi connectivity index (χ4v) is 6.88. The zero-order chi connectivity index (χ0) is 11.9. The van der Waals surface area contributed by atoms with Gasteiger partial charge in [0, 0.05) is 0 Å². The molecule has 0 aromatic heterocycles. The minimum atomic E-state index is 0.711. The van der Waals surface area contributed by atoms with Gasteiger partial charge in [-0.3, -0.25) is 0 Å². The Bertz CT molecular complexity index is 359. The lowest BCUT2D eigenvalue weighted by Crippen LogP contribution is -2.34. The van der Waals surface area contributed by atoms with Gasteiger partial charge in [-0.15, -0.1) is 0 Å². The molecule has 0 spiro atoms. The lowest BCUT2D eigenvalue weighted by molar-refractivity contribution is 0.0707. The van der Waals surface area contributed by atoms with Gasteiger partial charge in [-0.2, -0.15) is 0 Å². The third kappa shape index (κ3) is 1.16. The van der Waals surface area contributed by atoms with E-state index in [0.29, 0.717) is 5.41 Å². The average Bonchev–Trinajstić information content (AvgIpc) is 2.72. The summed E-state index contributed by atoms with van der Waals surface area (Å²) in [6, 6.07) is 0. The Labute approximate surface area is 107 Å². The third-order valence-electron chi connectivity index (χ3n) is 8.04. The van der Waals surface area contributed by atoms with E-state index in [9.17, 15) is 0 Å². The summed E-state index contributed by atoms with van der Waals surface area (Å²) in [6.07, 6.45) is 12.4. The van der Waals surface area contributed by atoms with E-state index in [1.54, 1.807) is 25.7 Å². The first-order chi connectivity index (χ1) is 7.96. The van der Waals surface area contributed by atoms with Gasteiger partial charge < -0.3 is 0 Å². The second-order valence-electron chi connectivity index (χ2n) is 8.80. The fraction of sp³-hybridized carbons (Fsp3) is 1.00. The standard InChI is InChI=1S/C17H28/c1-15-6-4-5-12-10-16(2,8-7-15)14-9-13(15)11-17(12,14)3/h12-14H,4-11H2,1-3H3. The van der Waals surface area contributed by atoms with E-state index in [1.807, 2.05) is 0 Å². The van der Waals surface area contributed by atoms with Gasteiger partial charge in [-0.1, -0.05) is 27.2 Å². The summed E-state index contributed by atoms with van der Waals surface area (Å²) in [5, 5.41) is 0.